The minimum Gasteiger partial charge on any atom is -0.480 e. The Morgan fingerprint density at radius 1 is 1.47 bits per heavy atom. The first-order valence-electron chi connectivity index (χ1n) is 4.02. The minimum atomic E-state index is -4.63. The second-order valence-corrected chi connectivity index (χ2v) is 6.54. The predicted octanol–water partition coefficient (Wildman–Crippen LogP) is 1.65. The standard InChI is InChI=1S/C8H13BrO5S/c1-5(9)4-8(2,3)6(7(10)11)15(12,13)14/h4,6H,1-3H3,(H,10,11)(H,12,13,14)/b5-4+. The van der Waals surface area contributed by atoms with Gasteiger partial charge in [0, 0.05) is 5.41 Å². The first-order valence-corrected chi connectivity index (χ1v) is 6.32. The van der Waals surface area contributed by atoms with Crippen molar-refractivity contribution in [3.05, 3.63) is 10.6 Å². The van der Waals surface area contributed by atoms with Gasteiger partial charge in [0.1, 0.15) is 0 Å². The highest BCUT2D eigenvalue weighted by Crippen LogP contribution is 2.30. The first kappa shape index (κ1) is 14.6. The largest absolute Gasteiger partial charge is 0.480 e. The molecule has 0 amide bonds. The number of aliphatic carboxylic acids is 1. The Morgan fingerprint density at radius 2 is 1.87 bits per heavy atom. The molecule has 0 saturated carbocycles. The molecule has 0 aromatic rings. The van der Waals surface area contributed by atoms with Gasteiger partial charge in [-0.3, -0.25) is 9.35 Å². The van der Waals surface area contributed by atoms with Gasteiger partial charge in [-0.15, -0.1) is 0 Å². The van der Waals surface area contributed by atoms with Crippen molar-refractivity contribution >= 4 is 32.0 Å². The zero-order valence-electron chi connectivity index (χ0n) is 8.56. The summed E-state index contributed by atoms with van der Waals surface area (Å²) in [5, 5.41) is 6.90. The van der Waals surface area contributed by atoms with Crippen molar-refractivity contribution in [3.63, 3.8) is 0 Å². The summed E-state index contributed by atoms with van der Waals surface area (Å²) < 4.78 is 31.3. The molecule has 0 aliphatic heterocycles. The summed E-state index contributed by atoms with van der Waals surface area (Å²) in [6.45, 7) is 4.49. The van der Waals surface area contributed by atoms with Gasteiger partial charge in [0.05, 0.1) is 0 Å². The molecule has 1 atom stereocenters. The molecule has 5 nitrogen and oxygen atoms in total. The lowest BCUT2D eigenvalue weighted by Crippen LogP contribution is -2.41. The second kappa shape index (κ2) is 4.63. The Kier molecular flexibility index (Phi) is 4.50. The summed E-state index contributed by atoms with van der Waals surface area (Å²) in [4.78, 5) is 10.8. The number of halogens is 1. The van der Waals surface area contributed by atoms with E-state index in [0.717, 1.165) is 0 Å². The number of carboxylic acids is 1. The van der Waals surface area contributed by atoms with Gasteiger partial charge in [-0.25, -0.2) is 0 Å². The Balaban J connectivity index is 5.48. The number of carboxylic acid groups (broad SMARTS) is 1. The van der Waals surface area contributed by atoms with Crippen LogP contribution in [0.5, 0.6) is 0 Å². The van der Waals surface area contributed by atoms with Crippen LogP contribution in [0.3, 0.4) is 0 Å². The lowest BCUT2D eigenvalue weighted by atomic mass is 9.88. The second-order valence-electron chi connectivity index (χ2n) is 3.79. The molecule has 0 rings (SSSR count). The maximum absolute atomic E-state index is 10.9. The highest BCUT2D eigenvalue weighted by Gasteiger charge is 2.43. The van der Waals surface area contributed by atoms with E-state index in [1.54, 1.807) is 6.92 Å². The van der Waals surface area contributed by atoms with Crippen LogP contribution in [-0.4, -0.2) is 29.3 Å². The average Bonchev–Trinajstić information content (AvgIpc) is 1.74. The molecule has 0 saturated heterocycles. The smallest absolute Gasteiger partial charge is 0.325 e. The van der Waals surface area contributed by atoms with Crippen LogP contribution >= 0.6 is 15.9 Å². The van der Waals surface area contributed by atoms with E-state index in [0.29, 0.717) is 4.48 Å². The van der Waals surface area contributed by atoms with Gasteiger partial charge in [-0.1, -0.05) is 35.9 Å². The molecule has 1 unspecified atom stereocenters. The summed E-state index contributed by atoms with van der Waals surface area (Å²) in [7, 11) is -4.63. The van der Waals surface area contributed by atoms with Crippen molar-refractivity contribution in [3.8, 4) is 0 Å². The molecule has 0 radical (unpaired) electrons. The molecular formula is C8H13BrO5S. The maximum Gasteiger partial charge on any atom is 0.325 e. The monoisotopic (exact) mass is 300 g/mol. The van der Waals surface area contributed by atoms with E-state index >= 15 is 0 Å². The molecule has 88 valence electrons. The SMILES string of the molecule is C/C(Br)=C\C(C)(C)C(C(=O)O)S(=O)(=O)O. The van der Waals surface area contributed by atoms with Crippen molar-refractivity contribution in [2.24, 2.45) is 5.41 Å². The third kappa shape index (κ3) is 4.31. The van der Waals surface area contributed by atoms with Crippen LogP contribution in [0.25, 0.3) is 0 Å². The predicted molar refractivity (Wildman–Crippen MR) is 59.4 cm³/mol. The van der Waals surface area contributed by atoms with Gasteiger partial charge in [0.2, 0.25) is 0 Å². The van der Waals surface area contributed by atoms with Crippen LogP contribution in [-0.2, 0) is 14.9 Å². The fourth-order valence-electron chi connectivity index (χ4n) is 1.42. The zero-order chi connectivity index (χ0) is 12.4. The average molecular weight is 301 g/mol. The van der Waals surface area contributed by atoms with E-state index in [-0.39, 0.29) is 0 Å². The summed E-state index contributed by atoms with van der Waals surface area (Å²) >= 11 is 3.09. The van der Waals surface area contributed by atoms with Crippen LogP contribution in [0.1, 0.15) is 20.8 Å². The third-order valence-corrected chi connectivity index (χ3v) is 3.40. The summed E-state index contributed by atoms with van der Waals surface area (Å²) in [5.74, 6) is -1.58. The van der Waals surface area contributed by atoms with Gasteiger partial charge in [-0.2, -0.15) is 8.42 Å². The molecule has 0 fully saturated rings. The highest BCUT2D eigenvalue weighted by molar-refractivity contribution is 9.11. The number of carbonyl (C=O) groups is 1. The molecule has 0 aromatic carbocycles. The Hall–Kier alpha value is -0.400. The third-order valence-electron chi connectivity index (χ3n) is 1.77. The molecule has 0 heterocycles. The topological polar surface area (TPSA) is 91.7 Å². The van der Waals surface area contributed by atoms with Gasteiger partial charge in [-0.05, 0) is 11.4 Å². The molecule has 0 bridgehead atoms. The van der Waals surface area contributed by atoms with Crippen LogP contribution in [0.15, 0.2) is 10.6 Å². The lowest BCUT2D eigenvalue weighted by molar-refractivity contribution is -0.138. The Bertz CT molecular complexity index is 378. The molecule has 0 aliphatic carbocycles. The first-order chi connectivity index (χ1) is 6.48. The number of rotatable bonds is 4. The Labute approximate surface area is 97.1 Å². The van der Waals surface area contributed by atoms with E-state index in [4.69, 9.17) is 9.66 Å². The van der Waals surface area contributed by atoms with Gasteiger partial charge < -0.3 is 5.11 Å². The Morgan fingerprint density at radius 3 is 2.07 bits per heavy atom. The van der Waals surface area contributed by atoms with Gasteiger partial charge in [0.25, 0.3) is 10.1 Å². The van der Waals surface area contributed by atoms with Crippen LogP contribution in [0.4, 0.5) is 0 Å². The normalized spacial score (nSPS) is 16.2. The summed E-state index contributed by atoms with van der Waals surface area (Å²) in [6.07, 6.45) is 1.43. The number of hydrogen-bond acceptors (Lipinski definition) is 3. The molecule has 0 aliphatic rings. The van der Waals surface area contributed by atoms with Crippen molar-refractivity contribution in [2.75, 3.05) is 0 Å². The van der Waals surface area contributed by atoms with E-state index < -0.39 is 26.8 Å². The number of hydrogen-bond donors (Lipinski definition) is 2. The molecule has 0 aromatic heterocycles. The van der Waals surface area contributed by atoms with Crippen molar-refractivity contribution < 1.29 is 22.9 Å². The zero-order valence-corrected chi connectivity index (χ0v) is 11.0. The number of allylic oxidation sites excluding steroid dienone is 2. The fraction of sp³-hybridized carbons (Fsp3) is 0.625. The quantitative estimate of drug-likeness (QED) is 0.770. The van der Waals surface area contributed by atoms with Crippen molar-refractivity contribution in [1.29, 1.82) is 0 Å². The fourth-order valence-corrected chi connectivity index (χ4v) is 3.10. The van der Waals surface area contributed by atoms with E-state index in [1.165, 1.54) is 19.9 Å². The molecule has 7 heteroatoms. The van der Waals surface area contributed by atoms with Crippen LogP contribution in [0.2, 0.25) is 0 Å². The van der Waals surface area contributed by atoms with Crippen molar-refractivity contribution in [1.82, 2.24) is 0 Å². The molecular weight excluding hydrogens is 288 g/mol. The van der Waals surface area contributed by atoms with Crippen molar-refractivity contribution in [2.45, 2.75) is 26.0 Å². The summed E-state index contributed by atoms with van der Waals surface area (Å²) in [5.41, 5.74) is -1.20. The molecule has 0 spiro atoms. The van der Waals surface area contributed by atoms with Gasteiger partial charge >= 0.3 is 5.97 Å². The van der Waals surface area contributed by atoms with Crippen LogP contribution < -0.4 is 0 Å². The van der Waals surface area contributed by atoms with E-state index in [1.807, 2.05) is 0 Å². The highest BCUT2D eigenvalue weighted by atomic mass is 79.9. The molecule has 15 heavy (non-hydrogen) atoms. The summed E-state index contributed by atoms with van der Waals surface area (Å²) in [6, 6.07) is 0. The minimum absolute atomic E-state index is 0.599. The lowest BCUT2D eigenvalue weighted by Gasteiger charge is -2.25. The van der Waals surface area contributed by atoms with E-state index in [2.05, 4.69) is 15.9 Å². The maximum atomic E-state index is 10.9. The van der Waals surface area contributed by atoms with Gasteiger partial charge in [0.15, 0.2) is 5.25 Å². The van der Waals surface area contributed by atoms with Crippen LogP contribution in [0, 0.1) is 5.41 Å². The van der Waals surface area contributed by atoms with E-state index in [9.17, 15) is 13.2 Å². The molecule has 2 N–H and O–H groups in total.